The Kier molecular flexibility index (Phi) is 19.1. The minimum Gasteiger partial charge on any atom is -0.475 e. The average molecular weight is 1350 g/mol. The fraction of sp³-hybridized carbons (Fsp3) is 0.214. The number of benzene rings is 3. The van der Waals surface area contributed by atoms with Gasteiger partial charge in [-0.1, -0.05) is 35.3 Å². The number of esters is 1. The molecular formula is C56H51F3I3N3O9. The van der Waals surface area contributed by atoms with E-state index in [2.05, 4.69) is 72.6 Å². The summed E-state index contributed by atoms with van der Waals surface area (Å²) < 4.78 is 60.7. The molecule has 2 aliphatic rings. The Labute approximate surface area is 465 Å². The Morgan fingerprint density at radius 1 is 0.568 bits per heavy atom. The lowest BCUT2D eigenvalue weighted by Gasteiger charge is -2.11. The second-order valence-electron chi connectivity index (χ2n) is 17.7. The number of allylic oxidation sites excluding steroid dienone is 1. The zero-order valence-electron chi connectivity index (χ0n) is 38.8. The summed E-state index contributed by atoms with van der Waals surface area (Å²) in [5.74, 6) is -3.87. The van der Waals surface area contributed by atoms with Crippen molar-refractivity contribution in [2.24, 2.45) is 0 Å². The number of hydrogen-bond acceptors (Lipinski definition) is 10. The van der Waals surface area contributed by atoms with E-state index in [1.165, 1.54) is 55.6 Å². The molecule has 74 heavy (non-hydrogen) atoms. The molecule has 0 atom stereocenters. The van der Waals surface area contributed by atoms with E-state index in [4.69, 9.17) is 28.2 Å². The summed E-state index contributed by atoms with van der Waals surface area (Å²) in [6.07, 6.45) is 4.17. The van der Waals surface area contributed by atoms with E-state index < -0.39 is 17.9 Å². The number of carbonyl (C=O) groups is 3. The summed E-state index contributed by atoms with van der Waals surface area (Å²) in [6.45, 7) is 9.97. The fourth-order valence-electron chi connectivity index (χ4n) is 7.91. The maximum Gasteiger partial charge on any atom is 0.374 e. The second kappa shape index (κ2) is 24.0. The number of nitrogens with zero attached hydrogens (tertiary/aromatic N) is 3. The summed E-state index contributed by atoms with van der Waals surface area (Å²) in [5, 5.41) is 18.2. The number of carboxylic acid groups (broad SMARTS) is 2. The van der Waals surface area contributed by atoms with Crippen LogP contribution in [0.5, 0.6) is 0 Å². The van der Waals surface area contributed by atoms with Gasteiger partial charge >= 0.3 is 17.9 Å². The quantitative estimate of drug-likeness (QED) is 0.103. The van der Waals surface area contributed by atoms with Gasteiger partial charge in [-0.05, 0) is 140 Å². The maximum atomic E-state index is 13.2. The molecule has 0 aliphatic heterocycles. The Bertz CT molecular complexity index is 3510. The molecule has 2 saturated carbocycles. The Hall–Kier alpha value is -6.14. The van der Waals surface area contributed by atoms with Crippen LogP contribution in [0.4, 0.5) is 13.2 Å². The van der Waals surface area contributed by atoms with Gasteiger partial charge < -0.3 is 28.2 Å². The molecule has 0 unspecified atom stereocenters. The summed E-state index contributed by atoms with van der Waals surface area (Å²) in [6, 6.07) is 28.3. The van der Waals surface area contributed by atoms with Gasteiger partial charge in [0.1, 0.15) is 34.0 Å². The lowest BCUT2D eigenvalue weighted by molar-refractivity contribution is 0.0566. The third-order valence-electron chi connectivity index (χ3n) is 12.4. The Morgan fingerprint density at radius 2 is 0.878 bits per heavy atom. The van der Waals surface area contributed by atoms with Crippen molar-refractivity contribution in [2.45, 2.75) is 72.1 Å². The lowest BCUT2D eigenvalue weighted by Crippen LogP contribution is -2.02. The van der Waals surface area contributed by atoms with Crippen LogP contribution in [0.15, 0.2) is 129 Å². The molecule has 11 rings (SSSR count). The standard InChI is InChI=1S/C19H16FNO3.C18H14FNO3.C17H12FNO3.2CH4.I2.HI/c1-19(7-8-19)13-9-14(11-3-5-12(20)6-4-11)21-15-10-16(18(22)23-2)24-17(13)15;1-18(6-7-18)12-8-13(10-2-4-11(19)5-3-10)20-14-9-15(17(21)22)23-16(12)14;1-9(2)12-7-13(10-3-5-11(18)6-4-10)19-14-8-15(17(20)21)22-16(12)14;;;1-2;/h3-6,9-10H,7-8H2,1-2H3;2-5,8-9H,6-7H2,1H3,(H,21,22);3-8H,1H2,2H3,(H,20,21);2*1H4;;1H. The molecule has 18 heteroatoms. The van der Waals surface area contributed by atoms with E-state index >= 15 is 0 Å². The number of carbonyl (C=O) groups excluding carboxylic acids is 1. The van der Waals surface area contributed by atoms with Crippen molar-refractivity contribution in [1.82, 2.24) is 15.0 Å². The minimum atomic E-state index is -1.16. The predicted octanol–water partition coefficient (Wildman–Crippen LogP) is 16.9. The average Bonchev–Trinajstić information content (AvgIpc) is 4.06. The van der Waals surface area contributed by atoms with E-state index in [0.717, 1.165) is 64.8 Å². The molecule has 386 valence electrons. The monoisotopic (exact) mass is 1350 g/mol. The zero-order chi connectivity index (χ0) is 50.9. The van der Waals surface area contributed by atoms with Crippen LogP contribution in [0, 0.1) is 17.5 Å². The van der Waals surface area contributed by atoms with Crippen molar-refractivity contribution < 1.29 is 55.8 Å². The molecule has 0 bridgehead atoms. The van der Waals surface area contributed by atoms with Gasteiger partial charge in [-0.3, -0.25) is 0 Å². The van der Waals surface area contributed by atoms with Gasteiger partial charge in [-0.2, -0.15) is 0 Å². The first-order chi connectivity index (χ1) is 33.9. The van der Waals surface area contributed by atoms with E-state index in [9.17, 15) is 27.6 Å². The van der Waals surface area contributed by atoms with Gasteiger partial charge in [-0.15, -0.1) is 24.0 Å². The summed E-state index contributed by atoms with van der Waals surface area (Å²) in [7, 11) is 1.32. The highest BCUT2D eigenvalue weighted by molar-refractivity contribution is 15.0. The SMILES string of the molecule is C.C.C=C(C)c1cc(-c2ccc(F)cc2)nc2cc(C(=O)O)oc12.CC1(c2cc(-c3ccc(F)cc3)nc3cc(C(=O)O)oc23)CC1.COC(=O)c1cc2nc(-c3ccc(F)cc3)cc(C3(C)CC3)c2o1.I.II. The number of hydrogen-bond donors (Lipinski definition) is 2. The number of rotatable bonds is 9. The number of fused-ring (bicyclic) bond motifs is 3. The smallest absolute Gasteiger partial charge is 0.374 e. The Balaban J connectivity index is 0.000000198. The summed E-state index contributed by atoms with van der Waals surface area (Å²) >= 11 is 4.24. The Morgan fingerprint density at radius 3 is 1.20 bits per heavy atom. The van der Waals surface area contributed by atoms with Gasteiger partial charge in [0.05, 0.1) is 24.2 Å². The largest absolute Gasteiger partial charge is 0.475 e. The van der Waals surface area contributed by atoms with Crippen LogP contribution in [0.25, 0.3) is 72.6 Å². The third-order valence-corrected chi connectivity index (χ3v) is 12.4. The van der Waals surface area contributed by atoms with E-state index in [1.807, 2.05) is 12.1 Å². The minimum absolute atomic E-state index is 0. The van der Waals surface area contributed by atoms with Gasteiger partial charge in [0.15, 0.2) is 16.7 Å². The molecular weight excluding hydrogens is 1300 g/mol. The molecule has 12 nitrogen and oxygen atoms in total. The van der Waals surface area contributed by atoms with Crippen molar-refractivity contribution in [1.29, 1.82) is 0 Å². The fourth-order valence-corrected chi connectivity index (χ4v) is 7.91. The lowest BCUT2D eigenvalue weighted by atomic mass is 9.96. The van der Waals surface area contributed by atoms with Crippen LogP contribution in [0.3, 0.4) is 0 Å². The zero-order valence-corrected chi connectivity index (χ0v) is 45.5. The first-order valence-corrected chi connectivity index (χ1v) is 28.2. The summed E-state index contributed by atoms with van der Waals surface area (Å²) in [5.41, 5.74) is 10.9. The normalized spacial score (nSPS) is 13.2. The first-order valence-electron chi connectivity index (χ1n) is 21.9. The molecule has 0 radical (unpaired) electrons. The molecule has 0 amide bonds. The van der Waals surface area contributed by atoms with Crippen LogP contribution in [0.2, 0.25) is 0 Å². The number of furan rings is 3. The highest BCUT2D eigenvalue weighted by Crippen LogP contribution is 2.52. The van der Waals surface area contributed by atoms with Crippen molar-refractivity contribution in [3.63, 3.8) is 0 Å². The van der Waals surface area contributed by atoms with Crippen LogP contribution in [-0.4, -0.2) is 50.2 Å². The van der Waals surface area contributed by atoms with Crippen molar-refractivity contribution >= 4 is 118 Å². The number of ether oxygens (including phenoxy) is 1. The van der Waals surface area contributed by atoms with Crippen LogP contribution < -0.4 is 0 Å². The maximum absolute atomic E-state index is 13.2. The van der Waals surface area contributed by atoms with Gasteiger partial charge in [-0.25, -0.2) is 42.5 Å². The number of halogens is 6. The van der Waals surface area contributed by atoms with E-state index in [0.29, 0.717) is 50.3 Å². The number of pyridine rings is 3. The molecule has 3 aromatic carbocycles. The molecule has 6 aromatic heterocycles. The molecule has 9 aromatic rings. The topological polar surface area (TPSA) is 179 Å². The van der Waals surface area contributed by atoms with Gasteiger partial charge in [0.25, 0.3) is 0 Å². The van der Waals surface area contributed by atoms with Crippen molar-refractivity contribution in [3.8, 4) is 33.8 Å². The predicted molar refractivity (Wildman–Crippen MR) is 308 cm³/mol. The van der Waals surface area contributed by atoms with Gasteiger partial charge in [0, 0.05) is 88.8 Å². The molecule has 2 N–H and O–H groups in total. The number of aromatic carboxylic acids is 2. The van der Waals surface area contributed by atoms with E-state index in [1.54, 1.807) is 55.5 Å². The molecule has 0 saturated heterocycles. The van der Waals surface area contributed by atoms with Crippen LogP contribution in [-0.2, 0) is 15.6 Å². The molecule has 0 spiro atoms. The van der Waals surface area contributed by atoms with Crippen molar-refractivity contribution in [3.05, 3.63) is 167 Å². The second-order valence-corrected chi connectivity index (χ2v) is 17.7. The highest BCUT2D eigenvalue weighted by Gasteiger charge is 2.43. The number of methoxy groups -OCH3 is 1. The molecule has 6 heterocycles. The first kappa shape index (κ1) is 58.7. The third kappa shape index (κ3) is 12.7. The highest BCUT2D eigenvalue weighted by atomic mass is 128. The van der Waals surface area contributed by atoms with Crippen LogP contribution >= 0.6 is 61.2 Å². The van der Waals surface area contributed by atoms with E-state index in [-0.39, 0.29) is 84.4 Å². The van der Waals surface area contributed by atoms with Crippen molar-refractivity contribution in [2.75, 3.05) is 7.11 Å². The molecule has 2 fully saturated rings. The molecule has 2 aliphatic carbocycles. The number of carboxylic acids is 2. The van der Waals surface area contributed by atoms with Crippen LogP contribution in [0.1, 0.15) is 110 Å². The summed E-state index contributed by atoms with van der Waals surface area (Å²) in [4.78, 5) is 47.5. The number of aromatic nitrogens is 3. The van der Waals surface area contributed by atoms with Gasteiger partial charge in [0.2, 0.25) is 17.3 Å².